The summed E-state index contributed by atoms with van der Waals surface area (Å²) in [7, 11) is -4.60. The maximum Gasteiger partial charge on any atom is 0.405 e. The van der Waals surface area contributed by atoms with E-state index >= 15 is 0 Å². The molecule has 0 spiro atoms. The largest absolute Gasteiger partial charge is 0.497 e. The number of nitro benzene ring substituents is 1. The summed E-state index contributed by atoms with van der Waals surface area (Å²) in [6, 6.07) is 28.0. The molecule has 2 amide bonds. The van der Waals surface area contributed by atoms with Gasteiger partial charge in [-0.25, -0.2) is 17.9 Å². The van der Waals surface area contributed by atoms with Crippen LogP contribution in [-0.4, -0.2) is 85.0 Å². The lowest BCUT2D eigenvalue weighted by atomic mass is 9.94. The van der Waals surface area contributed by atoms with Gasteiger partial charge in [0.15, 0.2) is 4.90 Å². The zero-order chi connectivity index (χ0) is 42.5. The van der Waals surface area contributed by atoms with E-state index in [0.29, 0.717) is 17.1 Å². The van der Waals surface area contributed by atoms with E-state index < -0.39 is 69.5 Å². The van der Waals surface area contributed by atoms with Crippen molar-refractivity contribution in [2.45, 2.75) is 69.0 Å². The summed E-state index contributed by atoms with van der Waals surface area (Å²) in [5.41, 5.74) is 0.458. The van der Waals surface area contributed by atoms with Crippen LogP contribution in [0.5, 0.6) is 11.5 Å². The van der Waals surface area contributed by atoms with Crippen molar-refractivity contribution >= 4 is 46.4 Å². The first kappa shape index (κ1) is 42.5. The molecule has 1 aliphatic heterocycles. The number of nitro groups is 1. The van der Waals surface area contributed by atoms with Crippen LogP contribution in [0.1, 0.15) is 37.7 Å². The molecule has 0 saturated carbocycles. The van der Waals surface area contributed by atoms with Crippen LogP contribution in [0, 0.1) is 10.1 Å². The number of carbonyl (C=O) groups is 2. The van der Waals surface area contributed by atoms with Crippen LogP contribution in [0.2, 0.25) is 5.04 Å². The fourth-order valence-electron chi connectivity index (χ4n) is 7.39. The molecule has 2 heterocycles. The Morgan fingerprint density at radius 3 is 2.10 bits per heavy atom. The van der Waals surface area contributed by atoms with Crippen molar-refractivity contribution in [2.24, 2.45) is 0 Å². The summed E-state index contributed by atoms with van der Waals surface area (Å²) in [6.45, 7) is 5.72. The third kappa shape index (κ3) is 8.82. The molecule has 0 aliphatic carbocycles. The van der Waals surface area contributed by atoms with Crippen molar-refractivity contribution in [3.05, 3.63) is 130 Å². The minimum absolute atomic E-state index is 0.0576. The Morgan fingerprint density at radius 1 is 0.915 bits per heavy atom. The first-order chi connectivity index (χ1) is 28.1. The van der Waals surface area contributed by atoms with Crippen LogP contribution in [0.4, 0.5) is 10.5 Å². The lowest BCUT2D eigenvalue weighted by molar-refractivity contribution is -0.387. The maximum absolute atomic E-state index is 13.6. The monoisotopic (exact) mass is 843 g/mol. The number of nitrogens with zero attached hydrogens (tertiary/aromatic N) is 5. The van der Waals surface area contributed by atoms with E-state index in [1.165, 1.54) is 36.0 Å². The molecule has 1 aliphatic rings. The molecule has 3 N–H and O–H groups in total. The molecule has 6 rings (SSSR count). The Morgan fingerprint density at radius 2 is 1.53 bits per heavy atom. The fourth-order valence-corrected chi connectivity index (χ4v) is 13.1. The van der Waals surface area contributed by atoms with E-state index in [0.717, 1.165) is 22.5 Å². The van der Waals surface area contributed by atoms with Gasteiger partial charge in [0.25, 0.3) is 14.0 Å². The quantitative estimate of drug-likeness (QED) is 0.0527. The molecule has 1 saturated heterocycles. The van der Waals surface area contributed by atoms with Gasteiger partial charge in [0.2, 0.25) is 15.9 Å². The van der Waals surface area contributed by atoms with E-state index in [2.05, 4.69) is 35.9 Å². The summed E-state index contributed by atoms with van der Waals surface area (Å²) in [5, 5.41) is 34.7. The third-order valence-corrected chi connectivity index (χ3v) is 16.7. The number of methoxy groups -OCH3 is 2. The highest BCUT2D eigenvalue weighted by atomic mass is 32.2. The Labute approximate surface area is 342 Å². The second kappa shape index (κ2) is 17.4. The summed E-state index contributed by atoms with van der Waals surface area (Å²) in [5.74, 6) is 0.523. The zero-order valence-electron chi connectivity index (χ0n) is 33.1. The summed E-state index contributed by atoms with van der Waals surface area (Å²) < 4.78 is 47.6. The van der Waals surface area contributed by atoms with Crippen LogP contribution in [0.15, 0.2) is 108 Å². The number of aromatic nitrogens is 3. The Kier molecular flexibility index (Phi) is 12.5. The molecule has 1 fully saturated rings. The summed E-state index contributed by atoms with van der Waals surface area (Å²) in [6.07, 6.45) is -1.40. The number of para-hydroxylation sites is 1. The van der Waals surface area contributed by atoms with E-state index in [1.807, 2.05) is 60.7 Å². The van der Waals surface area contributed by atoms with Crippen molar-refractivity contribution < 1.29 is 41.9 Å². The number of hydrogen-bond donors (Lipinski definition) is 3. The first-order valence-electron chi connectivity index (χ1n) is 18.5. The Balaban J connectivity index is 1.39. The van der Waals surface area contributed by atoms with Gasteiger partial charge in [-0.1, -0.05) is 93.6 Å². The van der Waals surface area contributed by atoms with Crippen molar-refractivity contribution in [1.29, 1.82) is 0 Å². The van der Waals surface area contributed by atoms with Gasteiger partial charge < -0.3 is 29.2 Å². The highest BCUT2D eigenvalue weighted by Crippen LogP contribution is 2.38. The molecule has 1 aromatic heterocycles. The Hall–Kier alpha value is -6.15. The maximum atomic E-state index is 13.6. The number of sulfonamides is 1. The molecule has 59 heavy (non-hydrogen) atoms. The number of ether oxygens (including phenoxy) is 2. The predicted octanol–water partition coefficient (Wildman–Crippen LogP) is 3.81. The standard InChI is InChI=1S/C40H45N7O10SSi/c1-40(2,3)59(29-14-8-6-9-15-29,30-16-10-7-11-17-30)57-26-32-31(23-41-58(53,54)36-19-13-12-18-33(36)47(51)52)43-46(44-32)25-34-37(42-39(49)50)38(48)45(34)24-27-20-21-28(55-4)22-35(27)56-5/h6-22,34,37,41-42H,23-26H2,1-5H3,(H,49,50)/t34-,37+/m1/s1. The van der Waals surface area contributed by atoms with Crippen molar-refractivity contribution in [1.82, 2.24) is 29.9 Å². The van der Waals surface area contributed by atoms with Crippen LogP contribution in [0.25, 0.3) is 0 Å². The molecule has 19 heteroatoms. The van der Waals surface area contributed by atoms with Gasteiger partial charge in [0.05, 0.1) is 44.9 Å². The van der Waals surface area contributed by atoms with Gasteiger partial charge in [-0.15, -0.1) is 0 Å². The molecule has 0 bridgehead atoms. The van der Waals surface area contributed by atoms with Gasteiger partial charge in [-0.05, 0) is 33.6 Å². The molecule has 0 radical (unpaired) electrons. The van der Waals surface area contributed by atoms with E-state index in [-0.39, 0.29) is 31.1 Å². The van der Waals surface area contributed by atoms with Crippen molar-refractivity contribution in [2.75, 3.05) is 14.2 Å². The number of nitrogens with one attached hydrogen (secondary N) is 2. The van der Waals surface area contributed by atoms with Gasteiger partial charge in [0, 0.05) is 24.2 Å². The minimum Gasteiger partial charge on any atom is -0.497 e. The van der Waals surface area contributed by atoms with Gasteiger partial charge in [-0.3, -0.25) is 14.9 Å². The first-order valence-corrected chi connectivity index (χ1v) is 21.9. The molecule has 0 unspecified atom stereocenters. The second-order valence-corrected chi connectivity index (χ2v) is 20.8. The number of benzene rings is 4. The van der Waals surface area contributed by atoms with Gasteiger partial charge >= 0.3 is 6.09 Å². The highest BCUT2D eigenvalue weighted by Gasteiger charge is 2.51. The molecule has 2 atom stereocenters. The average molecular weight is 844 g/mol. The number of likely N-dealkylation sites (tertiary alicyclic amines) is 1. The summed E-state index contributed by atoms with van der Waals surface area (Å²) >= 11 is 0. The third-order valence-electron chi connectivity index (χ3n) is 10.2. The van der Waals surface area contributed by atoms with E-state index in [1.54, 1.807) is 18.2 Å². The van der Waals surface area contributed by atoms with Crippen molar-refractivity contribution in [3.63, 3.8) is 0 Å². The predicted molar refractivity (Wildman–Crippen MR) is 218 cm³/mol. The lowest BCUT2D eigenvalue weighted by Crippen LogP contribution is -2.71. The minimum atomic E-state index is -4.45. The number of carboxylic acid groups (broad SMARTS) is 1. The fraction of sp³-hybridized carbons (Fsp3) is 0.300. The van der Waals surface area contributed by atoms with E-state index in [9.17, 15) is 33.2 Å². The topological polar surface area (TPSA) is 217 Å². The van der Waals surface area contributed by atoms with Crippen LogP contribution in [0.3, 0.4) is 0 Å². The number of rotatable bonds is 17. The molecule has 17 nitrogen and oxygen atoms in total. The van der Waals surface area contributed by atoms with E-state index in [4.69, 9.17) is 19.0 Å². The zero-order valence-corrected chi connectivity index (χ0v) is 34.9. The number of amides is 2. The molecule has 4 aromatic carbocycles. The highest BCUT2D eigenvalue weighted by molar-refractivity contribution is 7.89. The van der Waals surface area contributed by atoms with Crippen LogP contribution < -0.4 is 29.9 Å². The molecular weight excluding hydrogens is 799 g/mol. The Bertz CT molecular complexity index is 2390. The SMILES string of the molecule is COc1ccc(CN2C(=O)[C@@H](NC(=O)O)[C@H]2Cn2nc(CNS(=O)(=O)c3ccccc3[N+](=O)[O-])c(CO[Si](c3ccccc3)(c3ccccc3)C(C)(C)C)n2)c(OC)c1. The average Bonchev–Trinajstić information content (AvgIpc) is 3.62. The molecule has 310 valence electrons. The second-order valence-electron chi connectivity index (χ2n) is 14.8. The van der Waals surface area contributed by atoms with Gasteiger partial charge in [-0.2, -0.15) is 15.0 Å². The molecule has 5 aromatic rings. The number of β-lactam (4-membered cyclic amide) rings is 1. The number of hydrogen-bond acceptors (Lipinski definition) is 11. The van der Waals surface area contributed by atoms with Crippen LogP contribution in [-0.2, 0) is 45.5 Å². The normalized spacial score (nSPS) is 15.7. The number of carbonyl (C=O) groups excluding carboxylic acids is 1. The van der Waals surface area contributed by atoms with Crippen LogP contribution >= 0.6 is 0 Å². The smallest absolute Gasteiger partial charge is 0.405 e. The molecular formula is C40H45N7O10SSi. The van der Waals surface area contributed by atoms with Gasteiger partial charge in [0.1, 0.15) is 28.9 Å². The summed E-state index contributed by atoms with van der Waals surface area (Å²) in [4.78, 5) is 38.5. The van der Waals surface area contributed by atoms with Crippen molar-refractivity contribution in [3.8, 4) is 11.5 Å². The lowest BCUT2D eigenvalue weighted by Gasteiger charge is -2.46.